The normalized spacial score (nSPS) is 12.1. The van der Waals surface area contributed by atoms with E-state index in [1.807, 2.05) is 20.8 Å². The largest absolute Gasteiger partial charge is 0.500 e. The standard InChI is InChI=1S/C27H57NO3Si/c1-5-9-10-11-12-13-14-15-16-17-18-19-20-21-22-23-25-28-26-24-27-32(29-6-2,30-7-3)31-8-4/h23,25,28H,5-22,24,26-27H2,1-4H3. The molecule has 0 heterocycles. The average Bonchev–Trinajstić information content (AvgIpc) is 2.78. The van der Waals surface area contributed by atoms with Crippen molar-refractivity contribution < 1.29 is 13.3 Å². The Morgan fingerprint density at radius 3 is 1.44 bits per heavy atom. The molecule has 0 bridgehead atoms. The van der Waals surface area contributed by atoms with Gasteiger partial charge in [-0.15, -0.1) is 0 Å². The topological polar surface area (TPSA) is 39.7 Å². The van der Waals surface area contributed by atoms with E-state index in [1.165, 1.54) is 96.3 Å². The molecule has 0 unspecified atom stereocenters. The molecule has 0 atom stereocenters. The minimum absolute atomic E-state index is 0.652. The molecule has 1 N–H and O–H groups in total. The summed E-state index contributed by atoms with van der Waals surface area (Å²) in [6, 6.07) is 0.877. The summed E-state index contributed by atoms with van der Waals surface area (Å²) in [5.74, 6) is 0. The highest BCUT2D eigenvalue weighted by atomic mass is 28.4. The lowest BCUT2D eigenvalue weighted by atomic mass is 10.0. The van der Waals surface area contributed by atoms with Gasteiger partial charge < -0.3 is 18.6 Å². The maximum Gasteiger partial charge on any atom is 0.500 e. The Labute approximate surface area is 202 Å². The van der Waals surface area contributed by atoms with Gasteiger partial charge in [0.2, 0.25) is 0 Å². The lowest BCUT2D eigenvalue weighted by Gasteiger charge is -2.28. The molecule has 0 rings (SSSR count). The quantitative estimate of drug-likeness (QED) is 0.101. The van der Waals surface area contributed by atoms with Crippen molar-refractivity contribution in [2.75, 3.05) is 26.4 Å². The lowest BCUT2D eigenvalue weighted by molar-refractivity contribution is 0.0709. The highest BCUT2D eigenvalue weighted by molar-refractivity contribution is 6.60. The molecule has 0 aromatic carbocycles. The molecule has 5 heteroatoms. The molecule has 0 fully saturated rings. The summed E-state index contributed by atoms with van der Waals surface area (Å²) < 4.78 is 17.7. The zero-order chi connectivity index (χ0) is 23.6. The minimum Gasteiger partial charge on any atom is -0.391 e. The van der Waals surface area contributed by atoms with Crippen molar-refractivity contribution in [3.63, 3.8) is 0 Å². The molecule has 0 saturated carbocycles. The number of unbranched alkanes of at least 4 members (excludes halogenated alkanes) is 14. The molecule has 0 aliphatic rings. The number of rotatable bonds is 26. The molecule has 192 valence electrons. The molecule has 4 nitrogen and oxygen atoms in total. The maximum absolute atomic E-state index is 5.90. The second kappa shape index (κ2) is 25.3. The van der Waals surface area contributed by atoms with E-state index in [9.17, 15) is 0 Å². The Kier molecular flexibility index (Phi) is 25.0. The zero-order valence-corrected chi connectivity index (χ0v) is 23.2. The molecular weight excluding hydrogens is 414 g/mol. The van der Waals surface area contributed by atoms with E-state index in [2.05, 4.69) is 24.5 Å². The van der Waals surface area contributed by atoms with Gasteiger partial charge in [0, 0.05) is 32.4 Å². The van der Waals surface area contributed by atoms with Gasteiger partial charge in [-0.05, 0) is 46.2 Å². The SMILES string of the molecule is CCCCCCCCCCCCCCCCC=CNCCC[Si](OCC)(OCC)OCC. The fourth-order valence-corrected chi connectivity index (χ4v) is 6.73. The smallest absolute Gasteiger partial charge is 0.391 e. The van der Waals surface area contributed by atoms with Crippen LogP contribution in [0.2, 0.25) is 6.04 Å². The van der Waals surface area contributed by atoms with Crippen LogP contribution in [0.25, 0.3) is 0 Å². The van der Waals surface area contributed by atoms with Gasteiger partial charge in [0.25, 0.3) is 0 Å². The second-order valence-electron chi connectivity index (χ2n) is 8.83. The minimum atomic E-state index is -2.47. The second-order valence-corrected chi connectivity index (χ2v) is 11.6. The van der Waals surface area contributed by atoms with Gasteiger partial charge in [-0.3, -0.25) is 0 Å². The van der Waals surface area contributed by atoms with Crippen LogP contribution in [0.3, 0.4) is 0 Å². The molecule has 32 heavy (non-hydrogen) atoms. The molecule has 0 aromatic rings. The van der Waals surface area contributed by atoms with Gasteiger partial charge in [-0.1, -0.05) is 96.5 Å². The van der Waals surface area contributed by atoms with Gasteiger partial charge in [-0.2, -0.15) is 0 Å². The summed E-state index contributed by atoms with van der Waals surface area (Å²) in [6.45, 7) is 11.2. The van der Waals surface area contributed by atoms with Crippen molar-refractivity contribution in [2.45, 2.75) is 136 Å². The van der Waals surface area contributed by atoms with Gasteiger partial charge >= 0.3 is 8.80 Å². The van der Waals surface area contributed by atoms with Crippen LogP contribution < -0.4 is 5.32 Å². The molecule has 0 radical (unpaired) electrons. The zero-order valence-electron chi connectivity index (χ0n) is 22.2. The first-order chi connectivity index (χ1) is 15.7. The van der Waals surface area contributed by atoms with Gasteiger partial charge in [0.1, 0.15) is 0 Å². The van der Waals surface area contributed by atoms with Gasteiger partial charge in [0.15, 0.2) is 0 Å². The highest BCUT2D eigenvalue weighted by Gasteiger charge is 2.39. The fraction of sp³-hybridized carbons (Fsp3) is 0.926. The van der Waals surface area contributed by atoms with E-state index >= 15 is 0 Å². The average molecular weight is 472 g/mol. The van der Waals surface area contributed by atoms with Crippen molar-refractivity contribution in [1.29, 1.82) is 0 Å². The van der Waals surface area contributed by atoms with Crippen molar-refractivity contribution >= 4 is 8.80 Å². The molecule has 0 spiro atoms. The predicted molar refractivity (Wildman–Crippen MR) is 142 cm³/mol. The third kappa shape index (κ3) is 20.3. The Morgan fingerprint density at radius 2 is 1.00 bits per heavy atom. The monoisotopic (exact) mass is 471 g/mol. The van der Waals surface area contributed by atoms with Crippen molar-refractivity contribution in [2.24, 2.45) is 0 Å². The number of hydrogen-bond acceptors (Lipinski definition) is 4. The van der Waals surface area contributed by atoms with Crippen LogP contribution in [0, 0.1) is 0 Å². The van der Waals surface area contributed by atoms with Crippen LogP contribution in [0.15, 0.2) is 12.3 Å². The highest BCUT2D eigenvalue weighted by Crippen LogP contribution is 2.18. The number of allylic oxidation sites excluding steroid dienone is 1. The Morgan fingerprint density at radius 1 is 0.562 bits per heavy atom. The van der Waals surface area contributed by atoms with E-state index in [4.69, 9.17) is 13.3 Å². The Bertz CT molecular complexity index is 376. The Hall–Kier alpha value is -0.363. The first-order valence-corrected chi connectivity index (χ1v) is 16.0. The first-order valence-electron chi connectivity index (χ1n) is 14.0. The van der Waals surface area contributed by atoms with E-state index in [-0.39, 0.29) is 0 Å². The fourth-order valence-electron chi connectivity index (χ4n) is 4.11. The molecule has 0 aliphatic carbocycles. The van der Waals surface area contributed by atoms with E-state index < -0.39 is 8.80 Å². The molecular formula is C27H57NO3Si. The van der Waals surface area contributed by atoms with Gasteiger partial charge in [-0.25, -0.2) is 0 Å². The summed E-state index contributed by atoms with van der Waals surface area (Å²) >= 11 is 0. The van der Waals surface area contributed by atoms with Crippen LogP contribution in [0.4, 0.5) is 0 Å². The third-order valence-electron chi connectivity index (χ3n) is 5.86. The van der Waals surface area contributed by atoms with Gasteiger partial charge in [0.05, 0.1) is 0 Å². The van der Waals surface area contributed by atoms with Crippen molar-refractivity contribution in [1.82, 2.24) is 5.32 Å². The molecule has 0 amide bonds. The molecule has 0 aromatic heterocycles. The van der Waals surface area contributed by atoms with E-state index in [1.54, 1.807) is 0 Å². The summed E-state index contributed by atoms with van der Waals surface area (Å²) in [5, 5.41) is 3.41. The van der Waals surface area contributed by atoms with Crippen LogP contribution in [-0.2, 0) is 13.3 Å². The predicted octanol–water partition coefficient (Wildman–Crippen LogP) is 8.40. The molecule has 0 aliphatic heterocycles. The molecule has 0 saturated heterocycles. The summed E-state index contributed by atoms with van der Waals surface area (Å²) in [6.07, 6.45) is 26.5. The Balaban J connectivity index is 3.47. The number of nitrogens with one attached hydrogen (secondary N) is 1. The number of hydrogen-bond donors (Lipinski definition) is 1. The first kappa shape index (κ1) is 31.6. The van der Waals surface area contributed by atoms with Crippen LogP contribution in [0.5, 0.6) is 0 Å². The summed E-state index contributed by atoms with van der Waals surface area (Å²) in [7, 11) is -2.47. The summed E-state index contributed by atoms with van der Waals surface area (Å²) in [4.78, 5) is 0. The van der Waals surface area contributed by atoms with Crippen molar-refractivity contribution in [3.05, 3.63) is 12.3 Å². The van der Waals surface area contributed by atoms with E-state index in [0.29, 0.717) is 19.8 Å². The lowest BCUT2D eigenvalue weighted by Crippen LogP contribution is -2.46. The third-order valence-corrected chi connectivity index (χ3v) is 9.01. The van der Waals surface area contributed by atoms with Crippen LogP contribution in [-0.4, -0.2) is 35.2 Å². The van der Waals surface area contributed by atoms with Crippen LogP contribution in [0.1, 0.15) is 130 Å². The van der Waals surface area contributed by atoms with Crippen molar-refractivity contribution in [3.8, 4) is 0 Å². The maximum atomic E-state index is 5.90. The van der Waals surface area contributed by atoms with E-state index in [0.717, 1.165) is 19.0 Å². The van der Waals surface area contributed by atoms with Crippen LogP contribution >= 0.6 is 0 Å². The summed E-state index contributed by atoms with van der Waals surface area (Å²) in [5.41, 5.74) is 0.